The van der Waals surface area contributed by atoms with Crippen molar-refractivity contribution in [2.45, 2.75) is 38.5 Å². The Morgan fingerprint density at radius 3 is 2.67 bits per heavy atom. The van der Waals surface area contributed by atoms with E-state index in [1.807, 2.05) is 0 Å². The van der Waals surface area contributed by atoms with E-state index in [0.29, 0.717) is 0 Å². The fourth-order valence-electron chi connectivity index (χ4n) is 3.44. The highest BCUT2D eigenvalue weighted by molar-refractivity contribution is 5.43. The zero-order valence-electron chi connectivity index (χ0n) is 13.1. The molecule has 116 valence electrons. The molecule has 0 unspecified atom stereocenters. The standard InChI is InChI=1S/C17H28N4/c18-9-2-1-3-10-20-11-13-21(14-12-20)17-8-7-15-5-4-6-16(15)19-17/h7-8H,1-6,9-14,18H2. The van der Waals surface area contributed by atoms with Crippen molar-refractivity contribution in [2.75, 3.05) is 44.2 Å². The first kappa shape index (κ1) is 14.8. The second-order valence-electron chi connectivity index (χ2n) is 6.31. The van der Waals surface area contributed by atoms with Crippen LogP contribution in [0.25, 0.3) is 0 Å². The summed E-state index contributed by atoms with van der Waals surface area (Å²) in [5, 5.41) is 0. The van der Waals surface area contributed by atoms with E-state index in [-0.39, 0.29) is 0 Å². The van der Waals surface area contributed by atoms with Gasteiger partial charge in [-0.1, -0.05) is 12.5 Å². The summed E-state index contributed by atoms with van der Waals surface area (Å²) < 4.78 is 0. The van der Waals surface area contributed by atoms with Gasteiger partial charge in [0.15, 0.2) is 0 Å². The molecule has 1 saturated heterocycles. The van der Waals surface area contributed by atoms with Gasteiger partial charge in [0.25, 0.3) is 0 Å². The number of piperazine rings is 1. The average molecular weight is 288 g/mol. The van der Waals surface area contributed by atoms with E-state index in [1.165, 1.54) is 75.2 Å². The number of anilines is 1. The summed E-state index contributed by atoms with van der Waals surface area (Å²) in [4.78, 5) is 9.92. The second-order valence-corrected chi connectivity index (χ2v) is 6.31. The Morgan fingerprint density at radius 1 is 1.00 bits per heavy atom. The fourth-order valence-corrected chi connectivity index (χ4v) is 3.44. The van der Waals surface area contributed by atoms with Gasteiger partial charge in [-0.2, -0.15) is 0 Å². The van der Waals surface area contributed by atoms with Crippen LogP contribution in [0.15, 0.2) is 12.1 Å². The smallest absolute Gasteiger partial charge is 0.128 e. The molecule has 1 aromatic rings. The summed E-state index contributed by atoms with van der Waals surface area (Å²) in [7, 11) is 0. The first-order valence-corrected chi connectivity index (χ1v) is 8.53. The molecule has 0 amide bonds. The van der Waals surface area contributed by atoms with Crippen LogP contribution < -0.4 is 10.6 Å². The monoisotopic (exact) mass is 288 g/mol. The molecule has 0 aromatic carbocycles. The van der Waals surface area contributed by atoms with Gasteiger partial charge in [0.1, 0.15) is 5.82 Å². The minimum absolute atomic E-state index is 0.831. The molecule has 0 saturated carbocycles. The lowest BCUT2D eigenvalue weighted by Crippen LogP contribution is -2.47. The van der Waals surface area contributed by atoms with Crippen molar-refractivity contribution in [1.82, 2.24) is 9.88 Å². The second kappa shape index (κ2) is 7.23. The maximum absolute atomic E-state index is 5.54. The molecule has 0 radical (unpaired) electrons. The molecule has 2 N–H and O–H groups in total. The van der Waals surface area contributed by atoms with E-state index in [2.05, 4.69) is 21.9 Å². The van der Waals surface area contributed by atoms with Gasteiger partial charge >= 0.3 is 0 Å². The predicted octanol–water partition coefficient (Wildman–Crippen LogP) is 1.82. The van der Waals surface area contributed by atoms with E-state index in [0.717, 1.165) is 19.6 Å². The summed E-state index contributed by atoms with van der Waals surface area (Å²) >= 11 is 0. The molecule has 1 aromatic heterocycles. The van der Waals surface area contributed by atoms with Crippen molar-refractivity contribution < 1.29 is 0 Å². The number of nitrogens with zero attached hydrogens (tertiary/aromatic N) is 3. The van der Waals surface area contributed by atoms with Crippen LogP contribution in [0.2, 0.25) is 0 Å². The zero-order chi connectivity index (χ0) is 14.5. The highest BCUT2D eigenvalue weighted by Crippen LogP contribution is 2.23. The molecule has 0 bridgehead atoms. The molecule has 4 heteroatoms. The van der Waals surface area contributed by atoms with Crippen LogP contribution in [-0.4, -0.2) is 49.2 Å². The number of fused-ring (bicyclic) bond motifs is 1. The van der Waals surface area contributed by atoms with E-state index in [1.54, 1.807) is 0 Å². The molecular weight excluding hydrogens is 260 g/mol. The van der Waals surface area contributed by atoms with E-state index in [4.69, 9.17) is 10.7 Å². The first-order valence-electron chi connectivity index (χ1n) is 8.53. The Balaban J connectivity index is 1.47. The number of nitrogens with two attached hydrogens (primary N) is 1. The molecule has 2 heterocycles. The number of pyridine rings is 1. The Bertz CT molecular complexity index is 452. The molecule has 0 atom stereocenters. The van der Waals surface area contributed by atoms with Crippen molar-refractivity contribution in [3.8, 4) is 0 Å². The zero-order valence-corrected chi connectivity index (χ0v) is 13.1. The molecule has 1 aliphatic heterocycles. The van der Waals surface area contributed by atoms with Crippen LogP contribution in [-0.2, 0) is 12.8 Å². The molecular formula is C17H28N4. The van der Waals surface area contributed by atoms with Crippen LogP contribution in [0.4, 0.5) is 5.82 Å². The topological polar surface area (TPSA) is 45.4 Å². The fraction of sp³-hybridized carbons (Fsp3) is 0.706. The van der Waals surface area contributed by atoms with Gasteiger partial charge < -0.3 is 10.6 Å². The molecule has 2 aliphatic rings. The van der Waals surface area contributed by atoms with Gasteiger partial charge in [-0.3, -0.25) is 4.90 Å². The highest BCUT2D eigenvalue weighted by Gasteiger charge is 2.19. The summed E-state index contributed by atoms with van der Waals surface area (Å²) in [6.45, 7) is 6.62. The van der Waals surface area contributed by atoms with Gasteiger partial charge in [0.05, 0.1) is 0 Å². The summed E-state index contributed by atoms with van der Waals surface area (Å²) in [6, 6.07) is 4.52. The normalized spacial score (nSPS) is 19.0. The Morgan fingerprint density at radius 2 is 1.86 bits per heavy atom. The third-order valence-electron chi connectivity index (χ3n) is 4.79. The van der Waals surface area contributed by atoms with Crippen molar-refractivity contribution in [3.05, 3.63) is 23.4 Å². The molecule has 0 spiro atoms. The molecule has 3 rings (SSSR count). The van der Waals surface area contributed by atoms with Crippen molar-refractivity contribution >= 4 is 5.82 Å². The first-order chi connectivity index (χ1) is 10.4. The maximum Gasteiger partial charge on any atom is 0.128 e. The van der Waals surface area contributed by atoms with Crippen LogP contribution in [0.1, 0.15) is 36.9 Å². The highest BCUT2D eigenvalue weighted by atomic mass is 15.3. The van der Waals surface area contributed by atoms with Crippen LogP contribution in [0, 0.1) is 0 Å². The summed E-state index contributed by atoms with van der Waals surface area (Å²) in [6.07, 6.45) is 7.39. The van der Waals surface area contributed by atoms with Gasteiger partial charge in [0.2, 0.25) is 0 Å². The molecule has 21 heavy (non-hydrogen) atoms. The number of aryl methyl sites for hydroxylation is 2. The van der Waals surface area contributed by atoms with Crippen LogP contribution >= 0.6 is 0 Å². The van der Waals surface area contributed by atoms with Gasteiger partial charge in [-0.05, 0) is 56.8 Å². The summed E-state index contributed by atoms with van der Waals surface area (Å²) in [5.41, 5.74) is 8.36. The van der Waals surface area contributed by atoms with Crippen LogP contribution in [0.3, 0.4) is 0 Å². The maximum atomic E-state index is 5.54. The molecule has 1 aliphatic carbocycles. The lowest BCUT2D eigenvalue weighted by molar-refractivity contribution is 0.252. The van der Waals surface area contributed by atoms with E-state index in [9.17, 15) is 0 Å². The minimum atomic E-state index is 0.831. The van der Waals surface area contributed by atoms with E-state index < -0.39 is 0 Å². The SMILES string of the molecule is NCCCCCN1CCN(c2ccc3c(n2)CCC3)CC1. The number of aromatic nitrogens is 1. The number of unbranched alkanes of at least 4 members (excludes halogenated alkanes) is 2. The predicted molar refractivity (Wildman–Crippen MR) is 87.8 cm³/mol. The third kappa shape index (κ3) is 3.74. The average Bonchev–Trinajstić information content (AvgIpc) is 3.00. The van der Waals surface area contributed by atoms with E-state index >= 15 is 0 Å². The largest absolute Gasteiger partial charge is 0.354 e. The Hall–Kier alpha value is -1.13. The minimum Gasteiger partial charge on any atom is -0.354 e. The lowest BCUT2D eigenvalue weighted by Gasteiger charge is -2.35. The quantitative estimate of drug-likeness (QED) is 0.811. The number of hydrogen-bond donors (Lipinski definition) is 1. The Labute approximate surface area is 128 Å². The van der Waals surface area contributed by atoms with Crippen LogP contribution in [0.5, 0.6) is 0 Å². The summed E-state index contributed by atoms with van der Waals surface area (Å²) in [5.74, 6) is 1.19. The van der Waals surface area contributed by atoms with Gasteiger partial charge in [-0.25, -0.2) is 4.98 Å². The van der Waals surface area contributed by atoms with Crippen molar-refractivity contribution in [2.24, 2.45) is 5.73 Å². The van der Waals surface area contributed by atoms with Gasteiger partial charge in [0, 0.05) is 31.9 Å². The molecule has 4 nitrogen and oxygen atoms in total. The lowest BCUT2D eigenvalue weighted by atomic mass is 10.2. The van der Waals surface area contributed by atoms with Crippen molar-refractivity contribution in [1.29, 1.82) is 0 Å². The third-order valence-corrected chi connectivity index (χ3v) is 4.79. The van der Waals surface area contributed by atoms with Crippen molar-refractivity contribution in [3.63, 3.8) is 0 Å². The molecule has 1 fully saturated rings. The number of hydrogen-bond acceptors (Lipinski definition) is 4. The Kier molecular flexibility index (Phi) is 5.09. The van der Waals surface area contributed by atoms with Gasteiger partial charge in [-0.15, -0.1) is 0 Å². The number of rotatable bonds is 6.